The molecule has 1 heterocycles. The van der Waals surface area contributed by atoms with Crippen LogP contribution in [-0.4, -0.2) is 102 Å². The molecule has 10 nitrogen and oxygen atoms in total. The lowest BCUT2D eigenvalue weighted by Crippen LogP contribution is -2.37. The largest absolute Gasteiger partial charge is 0.459 e. The first-order valence-corrected chi connectivity index (χ1v) is 16.3. The third kappa shape index (κ3) is 18.6. The van der Waals surface area contributed by atoms with Crippen molar-refractivity contribution in [2.75, 3.05) is 0 Å². The molecule has 1 aliphatic rings. The van der Waals surface area contributed by atoms with Crippen LogP contribution in [0.4, 0.5) is 0 Å². The average molecular weight is 639 g/mol. The fraction of sp³-hybridized carbons (Fsp3) is 0.686. The Hall–Kier alpha value is -2.15. The van der Waals surface area contributed by atoms with E-state index < -0.39 is 66.8 Å². The summed E-state index contributed by atoms with van der Waals surface area (Å²) in [5, 5.41) is 83.9. The van der Waals surface area contributed by atoms with E-state index in [-0.39, 0.29) is 38.5 Å². The summed E-state index contributed by atoms with van der Waals surface area (Å²) in [5.74, 6) is -1.60. The summed E-state index contributed by atoms with van der Waals surface area (Å²) in [6.45, 7) is 5.34. The lowest BCUT2D eigenvalue weighted by molar-refractivity contribution is -0.162. The predicted octanol–water partition coefficient (Wildman–Crippen LogP) is 2.92. The number of aliphatic hydroxyl groups excluding tert-OH is 8. The number of carbonyl (C=O) groups is 1. The Balaban J connectivity index is 3.08. The van der Waals surface area contributed by atoms with E-state index in [1.165, 1.54) is 6.08 Å². The number of rotatable bonds is 5. The molecule has 1 aliphatic heterocycles. The highest BCUT2D eigenvalue weighted by Gasteiger charge is 2.32. The molecule has 1 rings (SSSR count). The van der Waals surface area contributed by atoms with E-state index in [9.17, 15) is 45.6 Å². The fourth-order valence-electron chi connectivity index (χ4n) is 5.20. The number of allylic oxidation sites excluding steroid dienone is 8. The van der Waals surface area contributed by atoms with Gasteiger partial charge in [-0.2, -0.15) is 0 Å². The lowest BCUT2D eigenvalue weighted by atomic mass is 9.90. The van der Waals surface area contributed by atoms with Crippen LogP contribution in [0.5, 0.6) is 0 Å². The Labute approximate surface area is 268 Å². The predicted molar refractivity (Wildman–Crippen MR) is 174 cm³/mol. The summed E-state index contributed by atoms with van der Waals surface area (Å²) in [6, 6.07) is 0. The molecule has 0 aromatic carbocycles. The molecule has 0 fully saturated rings. The molecule has 0 radical (unpaired) electrons. The molecule has 258 valence electrons. The fourth-order valence-corrected chi connectivity index (χ4v) is 5.20. The van der Waals surface area contributed by atoms with Crippen LogP contribution in [0, 0.1) is 5.92 Å². The Kier molecular flexibility index (Phi) is 21.1. The quantitative estimate of drug-likeness (QED) is 0.164. The Morgan fingerprint density at radius 1 is 0.667 bits per heavy atom. The van der Waals surface area contributed by atoms with Crippen LogP contribution in [0.15, 0.2) is 60.3 Å². The van der Waals surface area contributed by atoms with Crippen molar-refractivity contribution in [2.24, 2.45) is 5.92 Å². The molecular weight excluding hydrogens is 580 g/mol. The first-order valence-electron chi connectivity index (χ1n) is 16.3. The van der Waals surface area contributed by atoms with Gasteiger partial charge in [-0.05, 0) is 51.5 Å². The van der Waals surface area contributed by atoms with Gasteiger partial charge in [-0.1, -0.05) is 87.3 Å². The molecular formula is C35H58O10. The van der Waals surface area contributed by atoms with E-state index in [1.807, 2.05) is 0 Å². The van der Waals surface area contributed by atoms with Crippen LogP contribution in [0.1, 0.15) is 91.4 Å². The highest BCUT2D eigenvalue weighted by Crippen LogP contribution is 2.23. The van der Waals surface area contributed by atoms with Crippen molar-refractivity contribution in [1.82, 2.24) is 0 Å². The average Bonchev–Trinajstić information content (AvgIpc) is 2.94. The number of aliphatic hydroxyl groups is 8. The molecule has 0 saturated heterocycles. The van der Waals surface area contributed by atoms with Gasteiger partial charge in [-0.15, -0.1) is 0 Å². The van der Waals surface area contributed by atoms with Crippen molar-refractivity contribution in [2.45, 2.75) is 146 Å². The minimum Gasteiger partial charge on any atom is -0.459 e. The van der Waals surface area contributed by atoms with E-state index in [4.69, 9.17) is 4.74 Å². The summed E-state index contributed by atoms with van der Waals surface area (Å²) in [5.41, 5.74) is 0.623. The topological polar surface area (TPSA) is 188 Å². The van der Waals surface area contributed by atoms with Gasteiger partial charge in [-0.25, -0.2) is 0 Å². The smallest absolute Gasteiger partial charge is 0.311 e. The van der Waals surface area contributed by atoms with Crippen molar-refractivity contribution < 1.29 is 50.4 Å². The summed E-state index contributed by atoms with van der Waals surface area (Å²) in [6.07, 6.45) is 8.77. The minimum absolute atomic E-state index is 0.00297. The van der Waals surface area contributed by atoms with E-state index in [2.05, 4.69) is 6.92 Å². The Morgan fingerprint density at radius 3 is 1.71 bits per heavy atom. The number of esters is 1. The van der Waals surface area contributed by atoms with Gasteiger partial charge in [0.05, 0.1) is 48.6 Å². The monoisotopic (exact) mass is 638 g/mol. The van der Waals surface area contributed by atoms with Crippen LogP contribution >= 0.6 is 0 Å². The molecule has 0 saturated carbocycles. The van der Waals surface area contributed by atoms with Crippen molar-refractivity contribution >= 4 is 5.97 Å². The van der Waals surface area contributed by atoms with E-state index >= 15 is 0 Å². The van der Waals surface area contributed by atoms with Crippen LogP contribution < -0.4 is 0 Å². The maximum absolute atomic E-state index is 13.1. The second-order valence-electron chi connectivity index (χ2n) is 12.3. The molecule has 8 N–H and O–H groups in total. The third-order valence-electron chi connectivity index (χ3n) is 7.96. The van der Waals surface area contributed by atoms with E-state index in [0.29, 0.717) is 18.4 Å². The summed E-state index contributed by atoms with van der Waals surface area (Å²) >= 11 is 0. The Bertz CT molecular complexity index is 958. The second kappa shape index (κ2) is 23.2. The SMILES string of the molecule is CCCCCC[C@H]1C(=O)O[C@H](C)[C@@H](O)\C=C/C=C/C=C/C=C/C=C(\C)[C@@H](O)C[C@H](O)C[C@H](O)C[C@H](O)C[C@H](O)C[C@H](O)C[C@@H]1O. The van der Waals surface area contributed by atoms with Gasteiger partial charge in [0.1, 0.15) is 12.2 Å². The van der Waals surface area contributed by atoms with Crippen molar-refractivity contribution in [3.63, 3.8) is 0 Å². The van der Waals surface area contributed by atoms with Crippen LogP contribution in [0.2, 0.25) is 0 Å². The maximum Gasteiger partial charge on any atom is 0.311 e. The summed E-state index contributed by atoms with van der Waals surface area (Å²) in [7, 11) is 0. The van der Waals surface area contributed by atoms with Gasteiger partial charge in [-0.3, -0.25) is 4.79 Å². The summed E-state index contributed by atoms with van der Waals surface area (Å²) in [4.78, 5) is 13.1. The zero-order valence-corrected chi connectivity index (χ0v) is 27.1. The normalized spacial score (nSPS) is 38.5. The van der Waals surface area contributed by atoms with Gasteiger partial charge in [0.2, 0.25) is 0 Å². The molecule has 0 aliphatic carbocycles. The zero-order valence-electron chi connectivity index (χ0n) is 27.1. The second-order valence-corrected chi connectivity index (χ2v) is 12.3. The van der Waals surface area contributed by atoms with E-state index in [0.717, 1.165) is 19.3 Å². The molecule has 0 amide bonds. The van der Waals surface area contributed by atoms with Crippen LogP contribution in [0.3, 0.4) is 0 Å². The molecule has 0 aromatic heterocycles. The molecule has 10 atom stereocenters. The van der Waals surface area contributed by atoms with Crippen molar-refractivity contribution in [3.8, 4) is 0 Å². The van der Waals surface area contributed by atoms with Gasteiger partial charge in [0.25, 0.3) is 0 Å². The van der Waals surface area contributed by atoms with Crippen molar-refractivity contribution in [1.29, 1.82) is 0 Å². The highest BCUT2D eigenvalue weighted by atomic mass is 16.6. The van der Waals surface area contributed by atoms with Gasteiger partial charge >= 0.3 is 5.97 Å². The number of carbonyl (C=O) groups excluding carboxylic acids is 1. The molecule has 45 heavy (non-hydrogen) atoms. The third-order valence-corrected chi connectivity index (χ3v) is 7.96. The standard InChI is InChI=1S/C35H58O10/c1-4-5-6-13-16-31-34(43)23-30(40)21-28(38)19-26(36)18-27(37)20-29(39)22-33(42)24(2)15-12-10-8-7-9-11-14-17-32(41)25(3)45-35(31)44/h7-12,14-15,17,25-34,36-43H,4-6,13,16,18-23H2,1-3H3/b8-7+,11-9+,12-10+,17-14-,24-15+/t25-,26+,27-,28+,29-,30+,31-,32+,33+,34+/m1/s1. The summed E-state index contributed by atoms with van der Waals surface area (Å²) < 4.78 is 5.51. The molecule has 0 bridgehead atoms. The Morgan fingerprint density at radius 2 is 1.16 bits per heavy atom. The van der Waals surface area contributed by atoms with Crippen molar-refractivity contribution in [3.05, 3.63) is 60.3 Å². The van der Waals surface area contributed by atoms with Gasteiger partial charge in [0, 0.05) is 12.8 Å². The molecule has 0 aromatic rings. The number of ether oxygens (including phenoxy) is 1. The first-order chi connectivity index (χ1) is 21.3. The van der Waals surface area contributed by atoms with Crippen LogP contribution in [0.25, 0.3) is 0 Å². The highest BCUT2D eigenvalue weighted by molar-refractivity contribution is 5.73. The molecule has 0 unspecified atom stereocenters. The molecule has 10 heteroatoms. The number of cyclic esters (lactones) is 1. The first kappa shape index (κ1) is 40.9. The van der Waals surface area contributed by atoms with E-state index in [1.54, 1.807) is 62.5 Å². The van der Waals surface area contributed by atoms with Gasteiger partial charge < -0.3 is 45.6 Å². The van der Waals surface area contributed by atoms with Crippen LogP contribution in [-0.2, 0) is 9.53 Å². The number of hydrogen-bond donors (Lipinski definition) is 8. The number of hydrogen-bond acceptors (Lipinski definition) is 10. The minimum atomic E-state index is -1.25. The maximum atomic E-state index is 13.1. The molecule has 0 spiro atoms. The zero-order chi connectivity index (χ0) is 33.8. The van der Waals surface area contributed by atoms with Gasteiger partial charge in [0.15, 0.2) is 0 Å². The number of unbranched alkanes of at least 4 members (excludes halogenated alkanes) is 3. The lowest BCUT2D eigenvalue weighted by Gasteiger charge is -2.27.